The number of hydrogen-bond donors (Lipinski definition) is 0. The van der Waals surface area contributed by atoms with Crippen molar-refractivity contribution in [1.82, 2.24) is 0 Å². The molecule has 0 heterocycles. The quantitative estimate of drug-likeness (QED) is 0.337. The van der Waals surface area contributed by atoms with E-state index < -0.39 is 0 Å². The van der Waals surface area contributed by atoms with Crippen LogP contribution in [-0.4, -0.2) is 12.6 Å². The average Bonchev–Trinajstić information content (AvgIpc) is 2.45. The van der Waals surface area contributed by atoms with Crippen LogP contribution in [0.3, 0.4) is 0 Å². The summed E-state index contributed by atoms with van der Waals surface area (Å²) in [7, 11) is 0. The molecule has 20 heavy (non-hydrogen) atoms. The molecular weight excluding hydrogens is 304 g/mol. The van der Waals surface area contributed by atoms with E-state index in [-0.39, 0.29) is 23.0 Å². The summed E-state index contributed by atoms with van der Waals surface area (Å²) in [5.74, 6) is -0.225. The molecule has 0 N–H and O–H groups in total. The van der Waals surface area contributed by atoms with Gasteiger partial charge in [0.25, 0.3) is 0 Å². The number of rotatable bonds is 5. The Morgan fingerprint density at radius 2 is 1.55 bits per heavy atom. The molecule has 0 aromatic carbocycles. The molecule has 0 unspecified atom stereocenters. The van der Waals surface area contributed by atoms with Crippen LogP contribution in [0, 0.1) is 33.3 Å². The van der Waals surface area contributed by atoms with Gasteiger partial charge in [0.1, 0.15) is 0 Å². The van der Waals surface area contributed by atoms with Crippen molar-refractivity contribution >= 4 is 5.97 Å². The number of carbonyl (C=O) groups excluding carboxylic acids is 1. The zero-order valence-electron chi connectivity index (χ0n) is 11.8. The number of allylic oxidation sites excluding steroid dienone is 2. The van der Waals surface area contributed by atoms with E-state index in [9.17, 15) is 4.79 Å². The fraction of sp³-hybridized carbons (Fsp3) is 0.429. The van der Waals surface area contributed by atoms with Crippen molar-refractivity contribution in [1.29, 1.82) is 0 Å². The predicted molar refractivity (Wildman–Crippen MR) is 65.7 cm³/mol. The molecule has 0 aromatic rings. The number of carbonyl (C=O) groups is 1. The second-order valence-electron chi connectivity index (χ2n) is 3.06. The van der Waals surface area contributed by atoms with E-state index in [0.29, 0.717) is 6.61 Å². The molecule has 6 heteroatoms. The van der Waals surface area contributed by atoms with E-state index in [1.54, 1.807) is 13.3 Å². The number of ether oxygens (including phenoxy) is 1. The summed E-state index contributed by atoms with van der Waals surface area (Å²) in [6.45, 7) is 23.6. The van der Waals surface area contributed by atoms with Crippen LogP contribution in [0.2, 0.25) is 0 Å². The molecule has 112 valence electrons. The SMILES string of the molecule is [C-]#[O+].[C-]#[O+].[C-]#[O+].[CH2-]/C(C)=C(/C)CC[CH-]C(=O)OCC.[Fe+2]. The first-order chi connectivity index (χ1) is 9.07. The van der Waals surface area contributed by atoms with Crippen molar-refractivity contribution in [2.45, 2.75) is 33.6 Å². The van der Waals surface area contributed by atoms with Gasteiger partial charge >= 0.3 is 51.0 Å². The second kappa shape index (κ2) is 30.6. The van der Waals surface area contributed by atoms with E-state index >= 15 is 0 Å². The third-order valence-corrected chi connectivity index (χ3v) is 1.85. The van der Waals surface area contributed by atoms with Crippen LogP contribution >= 0.6 is 0 Å². The molecular formula is C14H18FeO5. The van der Waals surface area contributed by atoms with Crippen LogP contribution in [0.4, 0.5) is 0 Å². The van der Waals surface area contributed by atoms with Gasteiger partial charge in [-0.3, -0.25) is 11.2 Å². The zero-order chi connectivity index (χ0) is 16.3. The standard InChI is InChI=1S/C11H18O2.3CO.Fe/c1-5-13-11(12)8-6-7-10(4)9(2)3;3*1-2;/h8H,2,5-7H2,1,3-4H3;;;;/q-2;;;;+2/b10-9+;;;;. The van der Waals surface area contributed by atoms with Crippen LogP contribution < -0.4 is 0 Å². The zero-order valence-corrected chi connectivity index (χ0v) is 12.9. The maximum absolute atomic E-state index is 10.9. The monoisotopic (exact) mass is 322 g/mol. The first kappa shape index (κ1) is 31.2. The van der Waals surface area contributed by atoms with Crippen LogP contribution in [0.25, 0.3) is 0 Å². The molecule has 0 spiro atoms. The molecule has 0 saturated heterocycles. The van der Waals surface area contributed by atoms with E-state index in [2.05, 4.69) is 26.9 Å². The van der Waals surface area contributed by atoms with Crippen LogP contribution in [-0.2, 0) is 40.6 Å². The summed E-state index contributed by atoms with van der Waals surface area (Å²) < 4.78 is 27.3. The van der Waals surface area contributed by atoms with Crippen molar-refractivity contribution in [2.24, 2.45) is 0 Å². The molecule has 0 rings (SSSR count). The third-order valence-electron chi connectivity index (χ3n) is 1.85. The minimum Gasteiger partial charge on any atom is -0.488 e. The minimum atomic E-state index is -0.225. The van der Waals surface area contributed by atoms with Crippen molar-refractivity contribution in [2.75, 3.05) is 6.61 Å². The van der Waals surface area contributed by atoms with Gasteiger partial charge in [0.15, 0.2) is 5.97 Å². The van der Waals surface area contributed by atoms with Crippen LogP contribution in [0.5, 0.6) is 0 Å². The maximum Gasteiger partial charge on any atom is 2.00 e. The summed E-state index contributed by atoms with van der Waals surface area (Å²) in [6.07, 6.45) is 3.20. The fourth-order valence-corrected chi connectivity index (χ4v) is 0.821. The molecule has 5 nitrogen and oxygen atoms in total. The topological polar surface area (TPSA) is 86.0 Å². The van der Waals surface area contributed by atoms with E-state index in [1.807, 2.05) is 13.8 Å². The first-order valence-electron chi connectivity index (χ1n) is 5.17. The van der Waals surface area contributed by atoms with Gasteiger partial charge in [0.05, 0.1) is 6.61 Å². The van der Waals surface area contributed by atoms with Gasteiger partial charge in [-0.05, 0) is 6.92 Å². The molecule has 0 saturated carbocycles. The Labute approximate surface area is 131 Å². The molecule has 0 aromatic heterocycles. The summed E-state index contributed by atoms with van der Waals surface area (Å²) in [6, 6.07) is 0. The Balaban J connectivity index is -0.0000000940. The average molecular weight is 322 g/mol. The molecule has 0 fully saturated rings. The Kier molecular flexibility index (Phi) is 47.7. The van der Waals surface area contributed by atoms with Gasteiger partial charge < -0.3 is 4.74 Å². The molecule has 0 radical (unpaired) electrons. The third kappa shape index (κ3) is 30.1. The van der Waals surface area contributed by atoms with E-state index in [1.165, 1.54) is 5.57 Å². The molecule has 0 aliphatic rings. The van der Waals surface area contributed by atoms with Gasteiger partial charge in [0, 0.05) is 0 Å². The first-order valence-corrected chi connectivity index (χ1v) is 5.17. The van der Waals surface area contributed by atoms with Crippen molar-refractivity contribution in [3.63, 3.8) is 0 Å². The second-order valence-corrected chi connectivity index (χ2v) is 3.06. The van der Waals surface area contributed by atoms with E-state index in [0.717, 1.165) is 18.4 Å². The van der Waals surface area contributed by atoms with E-state index in [4.69, 9.17) is 18.7 Å². The van der Waals surface area contributed by atoms with Gasteiger partial charge in [-0.2, -0.15) is 6.42 Å². The molecule has 0 atom stereocenters. The maximum atomic E-state index is 10.9. The summed E-state index contributed by atoms with van der Waals surface area (Å²) in [5.41, 5.74) is 2.32. The molecule has 0 bridgehead atoms. The van der Waals surface area contributed by atoms with Crippen molar-refractivity contribution in [3.8, 4) is 0 Å². The van der Waals surface area contributed by atoms with Gasteiger partial charge in [0.2, 0.25) is 0 Å². The summed E-state index contributed by atoms with van der Waals surface area (Å²) in [4.78, 5) is 10.9. The smallest absolute Gasteiger partial charge is 0.488 e. The van der Waals surface area contributed by atoms with Gasteiger partial charge in [-0.1, -0.05) is 6.92 Å². The van der Waals surface area contributed by atoms with Crippen LogP contribution in [0.15, 0.2) is 11.1 Å². The molecule has 0 aliphatic carbocycles. The number of esters is 1. The largest absolute Gasteiger partial charge is 2.00 e. The molecule has 0 aliphatic heterocycles. The Morgan fingerprint density at radius 3 is 1.85 bits per heavy atom. The van der Waals surface area contributed by atoms with Crippen LogP contribution in [0.1, 0.15) is 33.6 Å². The Bertz CT molecular complexity index is 284. The predicted octanol–water partition coefficient (Wildman–Crippen LogP) is 2.59. The molecule has 0 amide bonds. The number of hydrogen-bond acceptors (Lipinski definition) is 2. The summed E-state index contributed by atoms with van der Waals surface area (Å²) >= 11 is 0. The minimum absolute atomic E-state index is 0. The van der Waals surface area contributed by atoms with Crippen molar-refractivity contribution < 1.29 is 40.6 Å². The fourth-order valence-electron chi connectivity index (χ4n) is 0.821. The van der Waals surface area contributed by atoms with Crippen molar-refractivity contribution in [3.05, 3.63) is 44.4 Å². The van der Waals surface area contributed by atoms with Gasteiger partial charge in [-0.25, -0.2) is 18.1 Å². The summed E-state index contributed by atoms with van der Waals surface area (Å²) in [5, 5.41) is 0. The normalized spacial score (nSPS) is 8.05. The Morgan fingerprint density at radius 1 is 1.15 bits per heavy atom. The Hall–Kier alpha value is -1.31. The van der Waals surface area contributed by atoms with Gasteiger partial charge in [-0.15, -0.1) is 13.3 Å².